The Morgan fingerprint density at radius 2 is 2.00 bits per heavy atom. The van der Waals surface area contributed by atoms with Crippen LogP contribution in [0.2, 0.25) is 0 Å². The highest BCUT2D eigenvalue weighted by atomic mass is 32.2. The third-order valence-electron chi connectivity index (χ3n) is 4.71. The first-order chi connectivity index (χ1) is 11.9. The van der Waals surface area contributed by atoms with E-state index in [1.807, 2.05) is 19.1 Å². The molecule has 0 bridgehead atoms. The molecule has 1 saturated heterocycles. The Labute approximate surface area is 151 Å². The lowest BCUT2D eigenvalue weighted by molar-refractivity contribution is -0.135. The van der Waals surface area contributed by atoms with Crippen LogP contribution in [0.4, 0.5) is 4.79 Å². The van der Waals surface area contributed by atoms with Crippen LogP contribution in [-0.4, -0.2) is 47.1 Å². The molecule has 1 aromatic rings. The van der Waals surface area contributed by atoms with Crippen LogP contribution in [0.25, 0.3) is 0 Å². The van der Waals surface area contributed by atoms with Crippen molar-refractivity contribution in [2.75, 3.05) is 18.8 Å². The number of urea groups is 1. The fraction of sp³-hybridized carbons (Fsp3) is 0.500. The van der Waals surface area contributed by atoms with Crippen LogP contribution in [-0.2, 0) is 9.59 Å². The van der Waals surface area contributed by atoms with Crippen molar-refractivity contribution in [3.05, 3.63) is 29.8 Å². The van der Waals surface area contributed by atoms with E-state index in [1.165, 1.54) is 5.56 Å². The molecule has 1 aliphatic heterocycles. The summed E-state index contributed by atoms with van der Waals surface area (Å²) in [5.74, 6) is 0.328. The summed E-state index contributed by atoms with van der Waals surface area (Å²) >= 11 is 1.65. The molecule has 6 nitrogen and oxygen atoms in total. The molecule has 1 saturated carbocycles. The quantitative estimate of drug-likeness (QED) is 0.442. The first-order valence-electron chi connectivity index (χ1n) is 8.50. The maximum Gasteiger partial charge on any atom is 0.325 e. The molecule has 3 rings (SSSR count). The highest BCUT2D eigenvalue weighted by Gasteiger charge is 2.56. The van der Waals surface area contributed by atoms with Crippen LogP contribution in [0.15, 0.2) is 29.2 Å². The van der Waals surface area contributed by atoms with Gasteiger partial charge in [-0.3, -0.25) is 14.5 Å². The summed E-state index contributed by atoms with van der Waals surface area (Å²) in [5.41, 5.74) is 0.378. The fourth-order valence-corrected chi connectivity index (χ4v) is 3.76. The lowest BCUT2D eigenvalue weighted by atomic mass is 9.96. The zero-order valence-corrected chi connectivity index (χ0v) is 15.3. The first kappa shape index (κ1) is 17.8. The van der Waals surface area contributed by atoms with Gasteiger partial charge in [-0.15, -0.1) is 11.8 Å². The molecule has 2 fully saturated rings. The predicted molar refractivity (Wildman–Crippen MR) is 96.3 cm³/mol. The van der Waals surface area contributed by atoms with Crippen molar-refractivity contribution in [3.63, 3.8) is 0 Å². The number of hydrogen-bond donors (Lipinski definition) is 2. The predicted octanol–water partition coefficient (Wildman–Crippen LogP) is 1.92. The van der Waals surface area contributed by atoms with Gasteiger partial charge in [-0.1, -0.05) is 17.7 Å². The van der Waals surface area contributed by atoms with Gasteiger partial charge in [-0.2, -0.15) is 0 Å². The molecule has 0 aromatic heterocycles. The first-order valence-corrected chi connectivity index (χ1v) is 9.49. The molecule has 134 valence electrons. The summed E-state index contributed by atoms with van der Waals surface area (Å²) in [6, 6.07) is 7.73. The zero-order chi connectivity index (χ0) is 18.0. The third-order valence-corrected chi connectivity index (χ3v) is 5.72. The van der Waals surface area contributed by atoms with E-state index in [1.54, 1.807) is 18.7 Å². The molecule has 1 atom stereocenters. The number of thioether (sulfide) groups is 1. The normalized spacial score (nSPS) is 22.9. The third kappa shape index (κ3) is 3.98. The monoisotopic (exact) mass is 361 g/mol. The van der Waals surface area contributed by atoms with E-state index in [-0.39, 0.29) is 24.3 Å². The molecule has 0 radical (unpaired) electrons. The Balaban J connectivity index is 1.42. The largest absolute Gasteiger partial charge is 0.354 e. The molecule has 2 aliphatic rings. The number of rotatable bonds is 7. The van der Waals surface area contributed by atoms with E-state index < -0.39 is 11.6 Å². The van der Waals surface area contributed by atoms with Gasteiger partial charge in [-0.05, 0) is 44.7 Å². The van der Waals surface area contributed by atoms with Gasteiger partial charge in [0.1, 0.15) is 12.1 Å². The molecule has 1 heterocycles. The second kappa shape index (κ2) is 7.07. The zero-order valence-electron chi connectivity index (χ0n) is 14.5. The maximum atomic E-state index is 12.5. The second-order valence-corrected chi connectivity index (χ2v) is 7.98. The van der Waals surface area contributed by atoms with Crippen LogP contribution in [0, 0.1) is 12.8 Å². The van der Waals surface area contributed by atoms with Gasteiger partial charge in [-0.25, -0.2) is 4.79 Å². The fourth-order valence-electron chi connectivity index (χ4n) is 2.99. The molecule has 0 unspecified atom stereocenters. The van der Waals surface area contributed by atoms with Crippen molar-refractivity contribution in [2.45, 2.75) is 37.1 Å². The van der Waals surface area contributed by atoms with Crippen molar-refractivity contribution in [3.8, 4) is 0 Å². The summed E-state index contributed by atoms with van der Waals surface area (Å²) in [6.07, 6.45) is 1.89. The van der Waals surface area contributed by atoms with Gasteiger partial charge < -0.3 is 10.6 Å². The summed E-state index contributed by atoms with van der Waals surface area (Å²) in [6.45, 7) is 4.06. The summed E-state index contributed by atoms with van der Waals surface area (Å²) in [7, 11) is 0. The molecule has 4 amide bonds. The van der Waals surface area contributed by atoms with Crippen LogP contribution in [0.5, 0.6) is 0 Å². The minimum absolute atomic E-state index is 0.197. The molecular formula is C18H23N3O3S. The van der Waals surface area contributed by atoms with E-state index >= 15 is 0 Å². The molecular weight excluding hydrogens is 338 g/mol. The van der Waals surface area contributed by atoms with Gasteiger partial charge in [0.15, 0.2) is 0 Å². The highest BCUT2D eigenvalue weighted by Crippen LogP contribution is 2.42. The van der Waals surface area contributed by atoms with Crippen LogP contribution in [0.3, 0.4) is 0 Å². The van der Waals surface area contributed by atoms with Crippen molar-refractivity contribution in [1.82, 2.24) is 15.5 Å². The SMILES string of the molecule is Cc1ccc(SCCNC(=O)CN2C(=O)N[C@](C)(C3CC3)C2=O)cc1. The Morgan fingerprint density at radius 3 is 2.64 bits per heavy atom. The molecule has 7 heteroatoms. The second-order valence-electron chi connectivity index (χ2n) is 6.81. The van der Waals surface area contributed by atoms with E-state index in [9.17, 15) is 14.4 Å². The Bertz CT molecular complexity index is 687. The van der Waals surface area contributed by atoms with E-state index in [2.05, 4.69) is 22.8 Å². The summed E-state index contributed by atoms with van der Waals surface area (Å²) < 4.78 is 0. The number of nitrogens with one attached hydrogen (secondary N) is 2. The number of carbonyl (C=O) groups excluding carboxylic acids is 3. The molecule has 25 heavy (non-hydrogen) atoms. The van der Waals surface area contributed by atoms with Crippen molar-refractivity contribution in [2.24, 2.45) is 5.92 Å². The smallest absolute Gasteiger partial charge is 0.325 e. The van der Waals surface area contributed by atoms with Crippen LogP contribution >= 0.6 is 11.8 Å². The number of benzene rings is 1. The topological polar surface area (TPSA) is 78.5 Å². The van der Waals surface area contributed by atoms with Gasteiger partial charge in [0.25, 0.3) is 5.91 Å². The number of nitrogens with zero attached hydrogens (tertiary/aromatic N) is 1. The van der Waals surface area contributed by atoms with Crippen molar-refractivity contribution >= 4 is 29.6 Å². The Morgan fingerprint density at radius 1 is 1.32 bits per heavy atom. The van der Waals surface area contributed by atoms with Crippen molar-refractivity contribution < 1.29 is 14.4 Å². The number of amides is 4. The van der Waals surface area contributed by atoms with Gasteiger partial charge in [0, 0.05) is 17.2 Å². The number of aryl methyl sites for hydroxylation is 1. The Hall–Kier alpha value is -2.02. The summed E-state index contributed by atoms with van der Waals surface area (Å²) in [5, 5.41) is 5.51. The highest BCUT2D eigenvalue weighted by molar-refractivity contribution is 7.99. The molecule has 2 N–H and O–H groups in total. The number of imide groups is 1. The maximum absolute atomic E-state index is 12.5. The van der Waals surface area contributed by atoms with E-state index in [4.69, 9.17) is 0 Å². The summed E-state index contributed by atoms with van der Waals surface area (Å²) in [4.78, 5) is 38.7. The molecule has 1 aromatic carbocycles. The average Bonchev–Trinajstić information content (AvgIpc) is 3.40. The molecule has 0 spiro atoms. The minimum atomic E-state index is -0.835. The number of carbonyl (C=O) groups is 3. The standard InChI is InChI=1S/C18H23N3O3S/c1-12-3-7-14(8-4-12)25-10-9-19-15(22)11-21-16(23)18(2,13-5-6-13)20-17(21)24/h3-4,7-8,13H,5-6,9-11H2,1-2H3,(H,19,22)(H,20,24)/t18-/m1/s1. The van der Waals surface area contributed by atoms with E-state index in [0.717, 1.165) is 28.4 Å². The lowest BCUT2D eigenvalue weighted by Crippen LogP contribution is -2.47. The van der Waals surface area contributed by atoms with E-state index in [0.29, 0.717) is 6.54 Å². The van der Waals surface area contributed by atoms with Crippen LogP contribution in [0.1, 0.15) is 25.3 Å². The Kier molecular flexibility index (Phi) is 5.03. The minimum Gasteiger partial charge on any atom is -0.354 e. The average molecular weight is 361 g/mol. The lowest BCUT2D eigenvalue weighted by Gasteiger charge is -2.20. The van der Waals surface area contributed by atoms with Gasteiger partial charge in [0.05, 0.1) is 0 Å². The van der Waals surface area contributed by atoms with Crippen molar-refractivity contribution in [1.29, 1.82) is 0 Å². The molecule has 1 aliphatic carbocycles. The van der Waals surface area contributed by atoms with Gasteiger partial charge in [0.2, 0.25) is 5.91 Å². The van der Waals surface area contributed by atoms with Gasteiger partial charge >= 0.3 is 6.03 Å². The van der Waals surface area contributed by atoms with Crippen LogP contribution < -0.4 is 10.6 Å². The number of hydrogen-bond acceptors (Lipinski definition) is 4.